The zero-order valence-electron chi connectivity index (χ0n) is 19.7. The summed E-state index contributed by atoms with van der Waals surface area (Å²) in [6, 6.07) is 1.08. The van der Waals surface area contributed by atoms with Gasteiger partial charge in [-0.1, -0.05) is 50.8 Å². The summed E-state index contributed by atoms with van der Waals surface area (Å²) in [5.41, 5.74) is 0.528. The number of allylic oxidation sites excluding steroid dienone is 5. The van der Waals surface area contributed by atoms with Gasteiger partial charge in [0.1, 0.15) is 17.4 Å². The molecule has 1 unspecified atom stereocenters. The van der Waals surface area contributed by atoms with E-state index in [1.54, 1.807) is 0 Å². The molecule has 2 rings (SSSR count). The molecule has 2 atom stereocenters. The number of hydrogen-bond donors (Lipinski definition) is 4. The Labute approximate surface area is 198 Å². The zero-order chi connectivity index (χ0) is 25.1. The molecule has 1 aromatic rings. The Hall–Kier alpha value is -2.91. The first-order valence-corrected chi connectivity index (χ1v) is 11.3. The molecular weight excluding hydrogens is 443 g/mol. The number of nitrogens with one attached hydrogen (secondary N) is 4. The molecule has 0 bridgehead atoms. The molecule has 0 amide bonds. The lowest BCUT2D eigenvalue weighted by molar-refractivity contribution is -0.137. The number of hydrogen-bond acceptors (Lipinski definition) is 5. The number of ether oxygens (including phenoxy) is 1. The van der Waals surface area contributed by atoms with Crippen molar-refractivity contribution in [1.29, 1.82) is 10.8 Å². The van der Waals surface area contributed by atoms with Crippen molar-refractivity contribution in [3.8, 4) is 0 Å². The Balaban J connectivity index is 2.19. The zero-order valence-corrected chi connectivity index (χ0v) is 19.7. The lowest BCUT2D eigenvalue weighted by Gasteiger charge is -2.26. The Kier molecular flexibility index (Phi) is 10.5. The van der Waals surface area contributed by atoms with E-state index in [9.17, 15) is 13.2 Å². The Morgan fingerprint density at radius 3 is 2.74 bits per heavy atom. The van der Waals surface area contributed by atoms with Gasteiger partial charge in [0.25, 0.3) is 0 Å². The van der Waals surface area contributed by atoms with Crippen molar-refractivity contribution in [3.63, 3.8) is 0 Å². The van der Waals surface area contributed by atoms with Gasteiger partial charge in [0.2, 0.25) is 0 Å². The van der Waals surface area contributed by atoms with E-state index >= 15 is 0 Å². The summed E-state index contributed by atoms with van der Waals surface area (Å²) >= 11 is 0. The molecule has 1 aliphatic carbocycles. The van der Waals surface area contributed by atoms with E-state index in [4.69, 9.17) is 15.6 Å². The van der Waals surface area contributed by atoms with Crippen LogP contribution in [0.3, 0.4) is 0 Å². The van der Waals surface area contributed by atoms with Crippen LogP contribution in [-0.4, -0.2) is 42.7 Å². The number of pyridine rings is 1. The molecule has 0 radical (unpaired) electrons. The van der Waals surface area contributed by atoms with Crippen LogP contribution >= 0.6 is 0 Å². The second-order valence-electron chi connectivity index (χ2n) is 8.24. The number of rotatable bonds is 12. The highest BCUT2D eigenvalue weighted by atomic mass is 19.4. The van der Waals surface area contributed by atoms with Crippen molar-refractivity contribution >= 4 is 5.84 Å². The average molecular weight is 478 g/mol. The van der Waals surface area contributed by atoms with Gasteiger partial charge in [0.15, 0.2) is 0 Å². The number of aromatic nitrogens is 1. The molecule has 0 aliphatic heterocycles. The van der Waals surface area contributed by atoms with E-state index < -0.39 is 17.8 Å². The summed E-state index contributed by atoms with van der Waals surface area (Å²) in [6.07, 6.45) is 7.67. The quantitative estimate of drug-likeness (QED) is 0.205. The van der Waals surface area contributed by atoms with Crippen LogP contribution in [-0.2, 0) is 10.9 Å². The predicted octanol–water partition coefficient (Wildman–Crippen LogP) is 4.38. The van der Waals surface area contributed by atoms with Crippen LogP contribution < -0.4 is 16.1 Å². The van der Waals surface area contributed by atoms with Crippen LogP contribution in [0.15, 0.2) is 66.6 Å². The lowest BCUT2D eigenvalue weighted by Crippen LogP contribution is -2.47. The number of halogens is 3. The third-order valence-corrected chi connectivity index (χ3v) is 5.34. The molecule has 1 aromatic heterocycles. The smallest absolute Gasteiger partial charge is 0.377 e. The first kappa shape index (κ1) is 27.3. The molecule has 34 heavy (non-hydrogen) atoms. The van der Waals surface area contributed by atoms with Gasteiger partial charge < -0.3 is 15.4 Å². The topological polar surface area (TPSA) is 85.9 Å². The van der Waals surface area contributed by atoms with Crippen molar-refractivity contribution < 1.29 is 17.9 Å². The van der Waals surface area contributed by atoms with Crippen LogP contribution in [0.25, 0.3) is 0 Å². The molecule has 9 heteroatoms. The van der Waals surface area contributed by atoms with Crippen LogP contribution in [0.1, 0.15) is 32.3 Å². The van der Waals surface area contributed by atoms with Crippen LogP contribution in [0, 0.1) is 16.7 Å². The number of alkyl halides is 3. The summed E-state index contributed by atoms with van der Waals surface area (Å²) in [5.74, 6) is -0.204. The van der Waals surface area contributed by atoms with Gasteiger partial charge in [-0.25, -0.2) is 0 Å². The highest BCUT2D eigenvalue weighted by Crippen LogP contribution is 2.28. The molecule has 0 saturated carbocycles. The SMILES string of the molecule is C=C(N[C@H](COCC1=CC=CC=CC1)C(=N)n1cc(C(F)(F)F)ccc1=N)C(C)CNCCC. The third kappa shape index (κ3) is 8.46. The first-order chi connectivity index (χ1) is 16.1. The van der Waals surface area contributed by atoms with E-state index in [1.807, 2.05) is 37.3 Å². The molecule has 1 aliphatic rings. The minimum atomic E-state index is -4.58. The summed E-state index contributed by atoms with van der Waals surface area (Å²) in [4.78, 5) is 0. The molecule has 0 spiro atoms. The second kappa shape index (κ2) is 13.1. The lowest BCUT2D eigenvalue weighted by atomic mass is 10.1. The van der Waals surface area contributed by atoms with Gasteiger partial charge >= 0.3 is 6.18 Å². The second-order valence-corrected chi connectivity index (χ2v) is 8.24. The third-order valence-electron chi connectivity index (χ3n) is 5.34. The van der Waals surface area contributed by atoms with E-state index in [2.05, 4.69) is 24.1 Å². The van der Waals surface area contributed by atoms with Gasteiger partial charge in [-0.15, -0.1) is 0 Å². The summed E-state index contributed by atoms with van der Waals surface area (Å²) in [6.45, 7) is 10.00. The van der Waals surface area contributed by atoms with Gasteiger partial charge in [-0.3, -0.25) is 15.4 Å². The van der Waals surface area contributed by atoms with Gasteiger partial charge in [-0.2, -0.15) is 13.2 Å². The summed E-state index contributed by atoms with van der Waals surface area (Å²) in [5, 5.41) is 23.2. The molecule has 0 fully saturated rings. The maximum Gasteiger partial charge on any atom is 0.417 e. The van der Waals surface area contributed by atoms with Crippen molar-refractivity contribution in [2.45, 2.75) is 38.9 Å². The first-order valence-electron chi connectivity index (χ1n) is 11.3. The number of nitrogens with zero attached hydrogens (tertiary/aromatic N) is 1. The molecule has 4 N–H and O–H groups in total. The summed E-state index contributed by atoms with van der Waals surface area (Å²) in [7, 11) is 0. The van der Waals surface area contributed by atoms with Crippen LogP contribution in [0.4, 0.5) is 13.2 Å². The van der Waals surface area contributed by atoms with Gasteiger partial charge in [0, 0.05) is 24.4 Å². The molecule has 6 nitrogen and oxygen atoms in total. The minimum Gasteiger partial charge on any atom is -0.377 e. The fourth-order valence-electron chi connectivity index (χ4n) is 3.25. The van der Waals surface area contributed by atoms with Crippen molar-refractivity contribution in [2.75, 3.05) is 26.3 Å². The highest BCUT2D eigenvalue weighted by Gasteiger charge is 2.31. The van der Waals surface area contributed by atoms with Gasteiger partial charge in [-0.05, 0) is 37.1 Å². The monoisotopic (exact) mass is 477 g/mol. The Morgan fingerprint density at radius 2 is 2.03 bits per heavy atom. The van der Waals surface area contributed by atoms with Crippen molar-refractivity contribution in [2.24, 2.45) is 5.92 Å². The summed E-state index contributed by atoms with van der Waals surface area (Å²) < 4.78 is 46.5. The Bertz CT molecular complexity index is 991. The van der Waals surface area contributed by atoms with Crippen molar-refractivity contribution in [1.82, 2.24) is 15.2 Å². The fourth-order valence-corrected chi connectivity index (χ4v) is 3.25. The largest absolute Gasteiger partial charge is 0.417 e. The van der Waals surface area contributed by atoms with E-state index in [1.165, 1.54) is 0 Å². The van der Waals surface area contributed by atoms with Crippen LogP contribution in [0.2, 0.25) is 0 Å². The molecule has 0 saturated heterocycles. The maximum atomic E-state index is 13.2. The predicted molar refractivity (Wildman–Crippen MR) is 129 cm³/mol. The molecule has 1 heterocycles. The molecular formula is C25H34F3N5O. The van der Waals surface area contributed by atoms with E-state index in [0.29, 0.717) is 18.8 Å². The van der Waals surface area contributed by atoms with Crippen molar-refractivity contribution in [3.05, 3.63) is 77.6 Å². The molecule has 0 aromatic carbocycles. The van der Waals surface area contributed by atoms with Crippen LogP contribution in [0.5, 0.6) is 0 Å². The normalized spacial score (nSPS) is 15.4. The Morgan fingerprint density at radius 1 is 1.26 bits per heavy atom. The maximum absolute atomic E-state index is 13.2. The standard InChI is InChI=1S/C25H34F3N5O/c1-4-13-31-14-18(2)19(3)32-22(17-34-16-20-9-7-5-6-8-10-20)24(30)33-15-21(25(26,27)28)11-12-23(33)29/h5-9,11-12,15,18,22,29-32H,3-4,10,13-14,16-17H2,1-2H3/t18?,22-/m1/s1. The van der Waals surface area contributed by atoms with Gasteiger partial charge in [0.05, 0.1) is 18.8 Å². The highest BCUT2D eigenvalue weighted by molar-refractivity contribution is 5.87. The fraction of sp³-hybridized carbons (Fsp3) is 0.440. The average Bonchev–Trinajstić information content (AvgIpc) is 3.06. The van der Waals surface area contributed by atoms with E-state index in [0.717, 1.165) is 47.9 Å². The van der Waals surface area contributed by atoms with E-state index in [-0.39, 0.29) is 23.8 Å². The molecule has 186 valence electrons. The minimum absolute atomic E-state index is 0.0173.